The normalized spacial score (nSPS) is 12.1. The lowest BCUT2D eigenvalue weighted by molar-refractivity contribution is -0.132. The highest BCUT2D eigenvalue weighted by atomic mass is 16.4. The first kappa shape index (κ1) is 38.3. The van der Waals surface area contributed by atoms with E-state index in [2.05, 4.69) is 131 Å². The second kappa shape index (κ2) is 16.7. The first-order valence-electron chi connectivity index (χ1n) is 20.6. The van der Waals surface area contributed by atoms with Crippen molar-refractivity contribution in [3.63, 3.8) is 0 Å². The Kier molecular flexibility index (Phi) is 10.1. The van der Waals surface area contributed by atoms with Crippen LogP contribution in [0.1, 0.15) is 39.5 Å². The van der Waals surface area contributed by atoms with Gasteiger partial charge in [0, 0.05) is 44.4 Å². The van der Waals surface area contributed by atoms with Crippen molar-refractivity contribution in [2.75, 3.05) is 0 Å². The van der Waals surface area contributed by atoms with Crippen LogP contribution in [-0.4, -0.2) is 31.0 Å². The zero-order valence-electron chi connectivity index (χ0n) is 33.8. The van der Waals surface area contributed by atoms with Gasteiger partial charge in [-0.05, 0) is 82.0 Å². The average Bonchev–Trinajstić information content (AvgIpc) is 4.17. The van der Waals surface area contributed by atoms with Crippen LogP contribution in [0.4, 0.5) is 0 Å². The number of nitrogens with one attached hydrogen (secondary N) is 2. The highest BCUT2D eigenvalue weighted by Gasteiger charge is 2.20. The molecule has 8 bridgehead atoms. The molecule has 2 aliphatic rings. The minimum Gasteiger partial charge on any atom is -0.477 e. The summed E-state index contributed by atoms with van der Waals surface area (Å²) in [6.45, 7) is 0. The summed E-state index contributed by atoms with van der Waals surface area (Å²) in [5, 5.41) is 18.7. The minimum atomic E-state index is -1.26. The Morgan fingerprint density at radius 1 is 0.492 bits per heavy atom. The quantitative estimate of drug-likeness (QED) is 0.104. The molecular weight excluding hydrogens is 775 g/mol. The van der Waals surface area contributed by atoms with Crippen LogP contribution in [0.3, 0.4) is 0 Å². The van der Waals surface area contributed by atoms with Gasteiger partial charge in [-0.25, -0.2) is 14.8 Å². The van der Waals surface area contributed by atoms with Crippen LogP contribution >= 0.6 is 0 Å². The number of carboxylic acids is 1. The summed E-state index contributed by atoms with van der Waals surface area (Å²) in [6.07, 6.45) is 13.9. The molecule has 7 nitrogen and oxygen atoms in total. The fourth-order valence-corrected chi connectivity index (χ4v) is 8.27. The Bertz CT molecular complexity index is 3390. The Morgan fingerprint density at radius 2 is 0.905 bits per heavy atom. The Balaban J connectivity index is 1.33. The van der Waals surface area contributed by atoms with Gasteiger partial charge in [-0.3, -0.25) is 0 Å². The monoisotopic (exact) mass is 811 g/mol. The molecule has 5 aromatic carbocycles. The van der Waals surface area contributed by atoms with Crippen molar-refractivity contribution in [1.29, 1.82) is 5.26 Å². The van der Waals surface area contributed by atoms with Crippen molar-refractivity contribution >= 4 is 70.6 Å². The molecule has 10 rings (SSSR count). The summed E-state index contributed by atoms with van der Waals surface area (Å²) in [5.41, 5.74) is 17.0. The van der Waals surface area contributed by atoms with Crippen LogP contribution in [-0.2, 0) is 4.79 Å². The zero-order chi connectivity index (χ0) is 42.7. The first-order valence-corrected chi connectivity index (χ1v) is 20.6. The summed E-state index contributed by atoms with van der Waals surface area (Å²) in [7, 11) is 0. The van der Waals surface area contributed by atoms with Crippen molar-refractivity contribution in [1.82, 2.24) is 19.9 Å². The van der Waals surface area contributed by atoms with Crippen molar-refractivity contribution in [3.8, 4) is 50.6 Å². The molecule has 0 aliphatic carbocycles. The van der Waals surface area contributed by atoms with Crippen LogP contribution < -0.4 is 0 Å². The maximum atomic E-state index is 11.5. The summed E-state index contributed by atoms with van der Waals surface area (Å²) in [5.74, 6) is -1.26. The molecule has 2 aliphatic heterocycles. The van der Waals surface area contributed by atoms with Crippen LogP contribution in [0.2, 0.25) is 0 Å². The standard InChI is InChI=1S/C56H37N5O2/c57-35-43(56(62)63)33-37-23-21-36(22-24-37)25-26-42-34-50-53(40-17-9-3-10-18-40)48-30-29-46(59-48)51(38-13-5-1-6-14-38)44-27-28-45(58-44)52(39-15-7-2-8-16-39)47-31-32-49(60-47)54(55(42)61-50)41-19-11-4-12-20-41/h1-34,58,61H,(H,62,63)/b26-25-,43-33+,51-44?,51-46?,52-45?,52-47?,53-48?,53-50?,54-49?,55-54?. The second-order valence-electron chi connectivity index (χ2n) is 15.2. The van der Waals surface area contributed by atoms with Crippen LogP contribution in [0.25, 0.3) is 109 Å². The Morgan fingerprint density at radius 3 is 1.35 bits per heavy atom. The van der Waals surface area contributed by atoms with Gasteiger partial charge in [-0.15, -0.1) is 0 Å². The third-order valence-corrected chi connectivity index (χ3v) is 11.2. The summed E-state index contributed by atoms with van der Waals surface area (Å²) < 4.78 is 0. The number of rotatable bonds is 8. The van der Waals surface area contributed by atoms with Gasteiger partial charge < -0.3 is 15.1 Å². The number of H-pyrrole nitrogens is 2. The van der Waals surface area contributed by atoms with Crippen molar-refractivity contribution in [3.05, 3.63) is 209 Å². The van der Waals surface area contributed by atoms with Crippen molar-refractivity contribution in [2.24, 2.45) is 0 Å². The smallest absolute Gasteiger partial charge is 0.346 e. The number of hydrogen-bond acceptors (Lipinski definition) is 4. The molecular formula is C56H37N5O2. The molecule has 0 radical (unpaired) electrons. The highest BCUT2D eigenvalue weighted by molar-refractivity contribution is 6.02. The average molecular weight is 812 g/mol. The number of carbonyl (C=O) groups is 1. The predicted molar refractivity (Wildman–Crippen MR) is 257 cm³/mol. The van der Waals surface area contributed by atoms with E-state index in [4.69, 9.17) is 9.97 Å². The van der Waals surface area contributed by atoms with Crippen molar-refractivity contribution < 1.29 is 9.90 Å². The molecule has 0 saturated carbocycles. The molecule has 0 amide bonds. The molecule has 0 atom stereocenters. The molecule has 0 unspecified atom stereocenters. The Labute approximate surface area is 363 Å². The van der Waals surface area contributed by atoms with Crippen LogP contribution in [0, 0.1) is 11.3 Å². The molecule has 63 heavy (non-hydrogen) atoms. The largest absolute Gasteiger partial charge is 0.477 e. The lowest BCUT2D eigenvalue weighted by Crippen LogP contribution is -1.97. The fraction of sp³-hybridized carbons (Fsp3) is 0. The number of nitrogens with zero attached hydrogens (tertiary/aromatic N) is 3. The molecule has 3 aromatic heterocycles. The first-order chi connectivity index (χ1) is 31.0. The minimum absolute atomic E-state index is 0.324. The van der Waals surface area contributed by atoms with Gasteiger partial charge in [0.15, 0.2) is 0 Å². The van der Waals surface area contributed by atoms with E-state index in [9.17, 15) is 15.2 Å². The van der Waals surface area contributed by atoms with Crippen LogP contribution in [0.5, 0.6) is 0 Å². The number of aromatic nitrogens is 4. The molecule has 0 spiro atoms. The molecule has 0 fully saturated rings. The number of aliphatic carboxylic acids is 1. The molecule has 7 heteroatoms. The van der Waals surface area contributed by atoms with Gasteiger partial charge in [0.1, 0.15) is 11.6 Å². The lowest BCUT2D eigenvalue weighted by atomic mass is 10.0. The maximum absolute atomic E-state index is 11.5. The van der Waals surface area contributed by atoms with E-state index in [1.54, 1.807) is 18.2 Å². The van der Waals surface area contributed by atoms with Crippen LogP contribution in [0.15, 0.2) is 169 Å². The summed E-state index contributed by atoms with van der Waals surface area (Å²) in [4.78, 5) is 30.1. The highest BCUT2D eigenvalue weighted by Crippen LogP contribution is 2.39. The molecule has 298 valence electrons. The van der Waals surface area contributed by atoms with E-state index < -0.39 is 5.97 Å². The summed E-state index contributed by atoms with van der Waals surface area (Å²) in [6, 6.07) is 57.1. The number of benzene rings is 5. The molecule has 5 heterocycles. The molecule has 8 aromatic rings. The van der Waals surface area contributed by atoms with E-state index in [0.717, 1.165) is 100 Å². The number of hydrogen-bond donors (Lipinski definition) is 3. The van der Waals surface area contributed by atoms with E-state index in [-0.39, 0.29) is 5.57 Å². The zero-order valence-corrected chi connectivity index (χ0v) is 33.8. The van der Waals surface area contributed by atoms with Gasteiger partial charge in [0.25, 0.3) is 0 Å². The van der Waals surface area contributed by atoms with Crippen molar-refractivity contribution in [2.45, 2.75) is 0 Å². The van der Waals surface area contributed by atoms with E-state index in [1.807, 2.05) is 66.7 Å². The third-order valence-electron chi connectivity index (χ3n) is 11.2. The molecule has 3 N–H and O–H groups in total. The number of aromatic amines is 2. The van der Waals surface area contributed by atoms with Gasteiger partial charge in [0.05, 0.1) is 28.3 Å². The number of carboxylic acid groups (broad SMARTS) is 1. The van der Waals surface area contributed by atoms with E-state index in [1.165, 1.54) is 6.08 Å². The van der Waals surface area contributed by atoms with Gasteiger partial charge in [-0.2, -0.15) is 5.26 Å². The van der Waals surface area contributed by atoms with E-state index >= 15 is 0 Å². The number of nitriles is 1. The predicted octanol–water partition coefficient (Wildman–Crippen LogP) is 13.5. The maximum Gasteiger partial charge on any atom is 0.346 e. The third kappa shape index (κ3) is 7.61. The fourth-order valence-electron chi connectivity index (χ4n) is 8.27. The second-order valence-corrected chi connectivity index (χ2v) is 15.2. The van der Waals surface area contributed by atoms with Gasteiger partial charge in [-0.1, -0.05) is 158 Å². The SMILES string of the molecule is N#C/C(=C\c1ccc(/C=C\c2cc3[nH]c2c(-c2ccccc2)c2nc(c(-c4ccccc4)c4ccc([nH]4)c(-c4ccccc4)c4nc(c3-c3ccccc3)C=C4)C=C2)cc1)C(=O)O. The van der Waals surface area contributed by atoms with E-state index in [0.29, 0.717) is 5.56 Å². The van der Waals surface area contributed by atoms with Gasteiger partial charge >= 0.3 is 5.97 Å². The topological polar surface area (TPSA) is 118 Å². The molecule has 0 saturated heterocycles. The van der Waals surface area contributed by atoms with Gasteiger partial charge in [0.2, 0.25) is 0 Å². The lowest BCUT2D eigenvalue weighted by Gasteiger charge is -2.07. The Hall–Kier alpha value is -8.86. The number of fused-ring (bicyclic) bond motifs is 8. The summed E-state index contributed by atoms with van der Waals surface area (Å²) >= 11 is 0.